The van der Waals surface area contributed by atoms with Gasteiger partial charge in [0.15, 0.2) is 0 Å². The standard InChI is InChI=1S/C28H35N7O4S/c1-28(2,3)39-27(37)35(6)9-10-38-21-13-19-17(14-31-33-19)11-20(21)32-24-23-18-8-7-16(26(36)34(4)5)12-22(18)40-25(23)30-15-29-24/h11,13-16H,7-10,12H2,1-6H3,(H,31,33)(H,29,30,32)/t16-/m0/s1. The Hall–Kier alpha value is -3.93. The van der Waals surface area contributed by atoms with Crippen molar-refractivity contribution in [3.8, 4) is 5.75 Å². The zero-order valence-electron chi connectivity index (χ0n) is 23.7. The van der Waals surface area contributed by atoms with Gasteiger partial charge in [-0.1, -0.05) is 0 Å². The molecule has 3 heterocycles. The van der Waals surface area contributed by atoms with E-state index in [1.807, 2.05) is 47.0 Å². The van der Waals surface area contributed by atoms with Crippen LogP contribution >= 0.6 is 11.3 Å². The third-order valence-corrected chi connectivity index (χ3v) is 7.98. The number of carbonyl (C=O) groups is 2. The van der Waals surface area contributed by atoms with Gasteiger partial charge in [-0.05, 0) is 51.7 Å². The molecular formula is C28H35N7O4S. The normalized spacial score (nSPS) is 15.1. The lowest BCUT2D eigenvalue weighted by atomic mass is 9.87. The highest BCUT2D eigenvalue weighted by Crippen LogP contribution is 2.42. The van der Waals surface area contributed by atoms with Crippen LogP contribution in [0.3, 0.4) is 0 Å². The lowest BCUT2D eigenvalue weighted by Gasteiger charge is -2.25. The number of ether oxygens (including phenoxy) is 2. The third kappa shape index (κ3) is 5.81. The number of benzene rings is 1. The molecule has 1 aliphatic rings. The van der Waals surface area contributed by atoms with Crippen LogP contribution in [0.15, 0.2) is 24.7 Å². The molecule has 0 spiro atoms. The van der Waals surface area contributed by atoms with Crippen molar-refractivity contribution in [2.45, 2.75) is 45.6 Å². The quantitative estimate of drug-likeness (QED) is 0.329. The smallest absolute Gasteiger partial charge is 0.410 e. The Kier molecular flexibility index (Phi) is 7.54. The summed E-state index contributed by atoms with van der Waals surface area (Å²) in [5, 5.41) is 12.5. The zero-order valence-corrected chi connectivity index (χ0v) is 24.5. The first-order valence-corrected chi connectivity index (χ1v) is 14.1. The summed E-state index contributed by atoms with van der Waals surface area (Å²) >= 11 is 1.63. The first kappa shape index (κ1) is 27.6. The minimum absolute atomic E-state index is 0.0118. The number of amides is 2. The largest absolute Gasteiger partial charge is 0.489 e. The van der Waals surface area contributed by atoms with Crippen LogP contribution in [-0.2, 0) is 22.4 Å². The van der Waals surface area contributed by atoms with Crippen molar-refractivity contribution in [3.05, 3.63) is 35.1 Å². The average Bonchev–Trinajstić information content (AvgIpc) is 3.50. The van der Waals surface area contributed by atoms with E-state index in [-0.39, 0.29) is 18.4 Å². The van der Waals surface area contributed by atoms with Crippen LogP contribution in [0.1, 0.15) is 37.6 Å². The maximum absolute atomic E-state index is 12.6. The molecule has 2 N–H and O–H groups in total. The van der Waals surface area contributed by atoms with Crippen LogP contribution in [0.25, 0.3) is 21.1 Å². The Morgan fingerprint density at radius 2 is 2.00 bits per heavy atom. The van der Waals surface area contributed by atoms with E-state index in [1.54, 1.807) is 35.8 Å². The fourth-order valence-corrected chi connectivity index (χ4v) is 6.09. The molecule has 0 unspecified atom stereocenters. The Balaban J connectivity index is 1.39. The van der Waals surface area contributed by atoms with Gasteiger partial charge in [0.05, 0.1) is 29.3 Å². The second kappa shape index (κ2) is 10.9. The SMILES string of the molecule is CN(C)C(=O)[C@H]1CCc2c(sc3ncnc(Nc4cc5cn[nH]c5cc4OCCN(C)C(=O)OC(C)(C)C)c23)C1. The van der Waals surface area contributed by atoms with E-state index < -0.39 is 11.7 Å². The highest BCUT2D eigenvalue weighted by Gasteiger charge is 2.30. The minimum Gasteiger partial charge on any atom is -0.489 e. The molecule has 1 atom stereocenters. The van der Waals surface area contributed by atoms with Crippen molar-refractivity contribution < 1.29 is 19.1 Å². The van der Waals surface area contributed by atoms with Gasteiger partial charge < -0.3 is 24.6 Å². The van der Waals surface area contributed by atoms with Crippen LogP contribution in [-0.4, -0.2) is 81.9 Å². The second-order valence-electron chi connectivity index (χ2n) is 11.3. The number of hydrogen-bond donors (Lipinski definition) is 2. The number of likely N-dealkylation sites (N-methyl/N-ethyl adjacent to an activating group) is 1. The summed E-state index contributed by atoms with van der Waals surface area (Å²) in [4.78, 5) is 39.4. The molecule has 1 aliphatic carbocycles. The number of H-pyrrole nitrogens is 1. The lowest BCUT2D eigenvalue weighted by Crippen LogP contribution is -2.36. The molecule has 0 fully saturated rings. The van der Waals surface area contributed by atoms with Crippen molar-refractivity contribution in [2.75, 3.05) is 39.6 Å². The van der Waals surface area contributed by atoms with E-state index in [4.69, 9.17) is 9.47 Å². The van der Waals surface area contributed by atoms with E-state index in [9.17, 15) is 9.59 Å². The number of fused-ring (bicyclic) bond motifs is 4. The highest BCUT2D eigenvalue weighted by molar-refractivity contribution is 7.19. The number of nitrogens with one attached hydrogen (secondary N) is 2. The van der Waals surface area contributed by atoms with Gasteiger partial charge >= 0.3 is 6.09 Å². The molecule has 0 radical (unpaired) electrons. The Labute approximate surface area is 236 Å². The summed E-state index contributed by atoms with van der Waals surface area (Å²) in [6.45, 7) is 6.12. The summed E-state index contributed by atoms with van der Waals surface area (Å²) in [6.07, 6.45) is 5.21. The molecule has 212 valence electrons. The van der Waals surface area contributed by atoms with Gasteiger partial charge in [0.25, 0.3) is 0 Å². The molecule has 0 saturated heterocycles. The average molecular weight is 566 g/mol. The van der Waals surface area contributed by atoms with Crippen LogP contribution in [0.2, 0.25) is 0 Å². The van der Waals surface area contributed by atoms with E-state index in [0.717, 1.165) is 39.6 Å². The molecular weight excluding hydrogens is 530 g/mol. The Morgan fingerprint density at radius 3 is 2.75 bits per heavy atom. The third-order valence-electron chi connectivity index (χ3n) is 6.82. The molecule has 1 aromatic carbocycles. The van der Waals surface area contributed by atoms with Crippen LogP contribution in [0, 0.1) is 5.92 Å². The summed E-state index contributed by atoms with van der Waals surface area (Å²) in [5.41, 5.74) is 2.20. The van der Waals surface area contributed by atoms with E-state index in [1.165, 1.54) is 15.3 Å². The number of aromatic nitrogens is 4. The summed E-state index contributed by atoms with van der Waals surface area (Å²) < 4.78 is 11.6. The second-order valence-corrected chi connectivity index (χ2v) is 12.3. The summed E-state index contributed by atoms with van der Waals surface area (Å²) in [7, 11) is 5.30. The van der Waals surface area contributed by atoms with Crippen molar-refractivity contribution in [2.24, 2.45) is 5.92 Å². The fraction of sp³-hybridized carbons (Fsp3) is 0.464. The number of thiophene rings is 1. The molecule has 0 bridgehead atoms. The predicted molar refractivity (Wildman–Crippen MR) is 155 cm³/mol. The highest BCUT2D eigenvalue weighted by atomic mass is 32.1. The zero-order chi connectivity index (χ0) is 28.6. The number of aromatic amines is 1. The van der Waals surface area contributed by atoms with Gasteiger partial charge in [-0.15, -0.1) is 11.3 Å². The topological polar surface area (TPSA) is 126 Å². The monoisotopic (exact) mass is 565 g/mol. The molecule has 0 aliphatic heterocycles. The molecule has 2 amide bonds. The first-order chi connectivity index (χ1) is 19.0. The number of aryl methyl sites for hydroxylation is 1. The van der Waals surface area contributed by atoms with Gasteiger partial charge in [0, 0.05) is 43.4 Å². The summed E-state index contributed by atoms with van der Waals surface area (Å²) in [5.74, 6) is 1.45. The van der Waals surface area contributed by atoms with E-state index >= 15 is 0 Å². The molecule has 0 saturated carbocycles. The van der Waals surface area contributed by atoms with Crippen molar-refractivity contribution >= 4 is 56.0 Å². The Morgan fingerprint density at radius 1 is 1.20 bits per heavy atom. The first-order valence-electron chi connectivity index (χ1n) is 13.3. The lowest BCUT2D eigenvalue weighted by molar-refractivity contribution is -0.133. The number of carbonyl (C=O) groups excluding carboxylic acids is 2. The van der Waals surface area contributed by atoms with Crippen LogP contribution in [0.4, 0.5) is 16.3 Å². The van der Waals surface area contributed by atoms with Crippen LogP contribution < -0.4 is 10.1 Å². The maximum Gasteiger partial charge on any atom is 0.410 e. The van der Waals surface area contributed by atoms with E-state index in [0.29, 0.717) is 24.5 Å². The van der Waals surface area contributed by atoms with Gasteiger partial charge in [0.2, 0.25) is 5.91 Å². The number of nitrogens with zero attached hydrogens (tertiary/aromatic N) is 5. The van der Waals surface area contributed by atoms with Crippen LogP contribution in [0.5, 0.6) is 5.75 Å². The van der Waals surface area contributed by atoms with Crippen molar-refractivity contribution in [3.63, 3.8) is 0 Å². The molecule has 3 aromatic heterocycles. The molecule has 40 heavy (non-hydrogen) atoms. The van der Waals surface area contributed by atoms with Crippen molar-refractivity contribution in [1.82, 2.24) is 30.0 Å². The summed E-state index contributed by atoms with van der Waals surface area (Å²) in [6, 6.07) is 3.85. The molecule has 4 aromatic rings. The van der Waals surface area contributed by atoms with Gasteiger partial charge in [-0.2, -0.15) is 5.10 Å². The molecule has 12 heteroatoms. The van der Waals surface area contributed by atoms with Gasteiger partial charge in [-0.3, -0.25) is 9.89 Å². The van der Waals surface area contributed by atoms with Crippen molar-refractivity contribution in [1.29, 1.82) is 0 Å². The van der Waals surface area contributed by atoms with Gasteiger partial charge in [0.1, 0.15) is 34.9 Å². The Bertz CT molecular complexity index is 1560. The number of hydrogen-bond acceptors (Lipinski definition) is 9. The predicted octanol–water partition coefficient (Wildman–Crippen LogP) is 4.75. The molecule has 11 nitrogen and oxygen atoms in total. The maximum atomic E-state index is 12.6. The van der Waals surface area contributed by atoms with E-state index in [2.05, 4.69) is 25.5 Å². The fourth-order valence-electron chi connectivity index (χ4n) is 4.82. The molecule has 5 rings (SSSR count). The minimum atomic E-state index is -0.568. The number of anilines is 2. The van der Waals surface area contributed by atoms with Gasteiger partial charge in [-0.25, -0.2) is 14.8 Å². The number of rotatable bonds is 7.